The summed E-state index contributed by atoms with van der Waals surface area (Å²) in [5.41, 5.74) is 0.486. The standard InChI is InChI=1S/C14H12ClFO3S/c1-20(18,19)11-5-2-9(3-6-11)14(17)12-7-4-10(15)8-13(12)16/h2-8,14,17H,1H3. The van der Waals surface area contributed by atoms with E-state index in [0.29, 0.717) is 5.56 Å². The van der Waals surface area contributed by atoms with Crippen LogP contribution in [0.5, 0.6) is 0 Å². The number of aliphatic hydroxyl groups is 1. The zero-order chi connectivity index (χ0) is 14.9. The molecule has 0 spiro atoms. The van der Waals surface area contributed by atoms with Crippen molar-refractivity contribution in [1.82, 2.24) is 0 Å². The van der Waals surface area contributed by atoms with E-state index in [1.54, 1.807) is 0 Å². The average molecular weight is 315 g/mol. The summed E-state index contributed by atoms with van der Waals surface area (Å²) in [5.74, 6) is -0.614. The highest BCUT2D eigenvalue weighted by molar-refractivity contribution is 7.90. The molecular weight excluding hydrogens is 303 g/mol. The summed E-state index contributed by atoms with van der Waals surface area (Å²) in [5, 5.41) is 10.4. The Morgan fingerprint density at radius 1 is 1.15 bits per heavy atom. The third-order valence-electron chi connectivity index (χ3n) is 2.88. The summed E-state index contributed by atoms with van der Waals surface area (Å²) in [7, 11) is -3.30. The van der Waals surface area contributed by atoms with Crippen molar-refractivity contribution >= 4 is 21.4 Å². The van der Waals surface area contributed by atoms with Gasteiger partial charge < -0.3 is 5.11 Å². The van der Waals surface area contributed by atoms with Crippen molar-refractivity contribution in [3.63, 3.8) is 0 Å². The van der Waals surface area contributed by atoms with E-state index in [1.807, 2.05) is 0 Å². The second kappa shape index (κ2) is 5.52. The average Bonchev–Trinajstić information content (AvgIpc) is 2.37. The number of sulfone groups is 1. The van der Waals surface area contributed by atoms with Gasteiger partial charge in [0, 0.05) is 16.8 Å². The number of halogens is 2. The van der Waals surface area contributed by atoms with E-state index < -0.39 is 21.8 Å². The van der Waals surface area contributed by atoms with Crippen LogP contribution < -0.4 is 0 Å². The van der Waals surface area contributed by atoms with Crippen molar-refractivity contribution < 1.29 is 17.9 Å². The number of benzene rings is 2. The molecule has 106 valence electrons. The Morgan fingerprint density at radius 3 is 2.25 bits per heavy atom. The number of hydrogen-bond acceptors (Lipinski definition) is 3. The molecule has 0 aliphatic heterocycles. The van der Waals surface area contributed by atoms with E-state index >= 15 is 0 Å². The molecule has 0 aromatic heterocycles. The minimum absolute atomic E-state index is 0.0847. The first-order chi connectivity index (χ1) is 9.29. The van der Waals surface area contributed by atoms with E-state index in [2.05, 4.69) is 0 Å². The van der Waals surface area contributed by atoms with Gasteiger partial charge in [-0.3, -0.25) is 0 Å². The van der Waals surface area contributed by atoms with Gasteiger partial charge in [-0.1, -0.05) is 29.8 Å². The van der Waals surface area contributed by atoms with E-state index in [0.717, 1.165) is 12.3 Å². The Morgan fingerprint density at radius 2 is 1.75 bits per heavy atom. The maximum absolute atomic E-state index is 13.7. The summed E-state index contributed by atoms with van der Waals surface area (Å²) < 4.78 is 36.4. The molecule has 2 aromatic rings. The third-order valence-corrected chi connectivity index (χ3v) is 4.24. The van der Waals surface area contributed by atoms with E-state index in [9.17, 15) is 17.9 Å². The van der Waals surface area contributed by atoms with Crippen molar-refractivity contribution in [2.75, 3.05) is 6.26 Å². The Hall–Kier alpha value is -1.43. The first-order valence-electron chi connectivity index (χ1n) is 5.72. The molecule has 0 aliphatic rings. The van der Waals surface area contributed by atoms with Gasteiger partial charge >= 0.3 is 0 Å². The van der Waals surface area contributed by atoms with Crippen LogP contribution in [0.2, 0.25) is 5.02 Å². The molecule has 0 bridgehead atoms. The summed E-state index contributed by atoms with van der Waals surface area (Å²) in [6, 6.07) is 9.65. The molecule has 6 heteroatoms. The molecule has 1 unspecified atom stereocenters. The van der Waals surface area contributed by atoms with E-state index in [-0.39, 0.29) is 15.5 Å². The molecular formula is C14H12ClFO3S. The molecule has 0 radical (unpaired) electrons. The maximum atomic E-state index is 13.7. The first kappa shape index (κ1) is 15.0. The lowest BCUT2D eigenvalue weighted by atomic mass is 10.0. The maximum Gasteiger partial charge on any atom is 0.175 e. The molecule has 1 atom stereocenters. The summed E-state index contributed by atoms with van der Waals surface area (Å²) in [6.45, 7) is 0. The second-order valence-electron chi connectivity index (χ2n) is 4.41. The van der Waals surface area contributed by atoms with Gasteiger partial charge in [-0.25, -0.2) is 12.8 Å². The summed E-state index contributed by atoms with van der Waals surface area (Å²) in [6.07, 6.45) is -0.0852. The minimum Gasteiger partial charge on any atom is -0.384 e. The van der Waals surface area contributed by atoms with Crippen LogP contribution in [0.1, 0.15) is 17.2 Å². The molecule has 20 heavy (non-hydrogen) atoms. The predicted molar refractivity (Wildman–Crippen MR) is 75.0 cm³/mol. The lowest BCUT2D eigenvalue weighted by molar-refractivity contribution is 0.215. The fourth-order valence-electron chi connectivity index (χ4n) is 1.80. The molecule has 0 amide bonds. The van der Waals surface area contributed by atoms with Crippen molar-refractivity contribution in [2.45, 2.75) is 11.0 Å². The fourth-order valence-corrected chi connectivity index (χ4v) is 2.59. The molecule has 3 nitrogen and oxygen atoms in total. The molecule has 0 fully saturated rings. The van der Waals surface area contributed by atoms with Crippen molar-refractivity contribution in [2.24, 2.45) is 0 Å². The smallest absolute Gasteiger partial charge is 0.175 e. The van der Waals surface area contributed by atoms with Gasteiger partial charge in [0.2, 0.25) is 0 Å². The van der Waals surface area contributed by atoms with Gasteiger partial charge in [0.05, 0.1) is 4.90 Å². The minimum atomic E-state index is -3.30. The van der Waals surface area contributed by atoms with E-state index in [1.165, 1.54) is 36.4 Å². The molecule has 0 saturated carbocycles. The van der Waals surface area contributed by atoms with Crippen LogP contribution in [0.4, 0.5) is 4.39 Å². The fraction of sp³-hybridized carbons (Fsp3) is 0.143. The van der Waals surface area contributed by atoms with Crippen LogP contribution in [0.3, 0.4) is 0 Å². The van der Waals surface area contributed by atoms with Gasteiger partial charge in [0.25, 0.3) is 0 Å². The van der Waals surface area contributed by atoms with Gasteiger partial charge in [0.1, 0.15) is 11.9 Å². The zero-order valence-electron chi connectivity index (χ0n) is 10.5. The highest BCUT2D eigenvalue weighted by Gasteiger charge is 2.16. The van der Waals surface area contributed by atoms with Gasteiger partial charge in [-0.15, -0.1) is 0 Å². The largest absolute Gasteiger partial charge is 0.384 e. The summed E-state index contributed by atoms with van der Waals surface area (Å²) >= 11 is 5.65. The third kappa shape index (κ3) is 3.17. The van der Waals surface area contributed by atoms with Gasteiger partial charge in [-0.2, -0.15) is 0 Å². The molecule has 2 rings (SSSR count). The molecule has 2 aromatic carbocycles. The highest BCUT2D eigenvalue weighted by Crippen LogP contribution is 2.27. The van der Waals surface area contributed by atoms with Crippen LogP contribution in [-0.2, 0) is 9.84 Å². The van der Waals surface area contributed by atoms with Crippen LogP contribution in [0.25, 0.3) is 0 Å². The van der Waals surface area contributed by atoms with Crippen molar-refractivity contribution in [3.05, 3.63) is 64.4 Å². The number of rotatable bonds is 3. The van der Waals surface area contributed by atoms with Crippen molar-refractivity contribution in [3.8, 4) is 0 Å². The van der Waals surface area contributed by atoms with Crippen LogP contribution >= 0.6 is 11.6 Å². The molecule has 0 heterocycles. The zero-order valence-corrected chi connectivity index (χ0v) is 12.1. The number of aliphatic hydroxyl groups excluding tert-OH is 1. The van der Waals surface area contributed by atoms with Crippen LogP contribution in [0.15, 0.2) is 47.4 Å². The normalized spacial score (nSPS) is 13.2. The molecule has 1 N–H and O–H groups in total. The van der Waals surface area contributed by atoms with E-state index in [4.69, 9.17) is 11.6 Å². The SMILES string of the molecule is CS(=O)(=O)c1ccc(C(O)c2ccc(Cl)cc2F)cc1. The van der Waals surface area contributed by atoms with Gasteiger partial charge in [-0.05, 0) is 29.8 Å². The van der Waals surface area contributed by atoms with Gasteiger partial charge in [0.15, 0.2) is 9.84 Å². The molecule has 0 aliphatic carbocycles. The number of hydrogen-bond donors (Lipinski definition) is 1. The van der Waals surface area contributed by atoms with Crippen LogP contribution in [0, 0.1) is 5.82 Å². The Bertz CT molecular complexity index is 727. The Labute approximate surface area is 121 Å². The van der Waals surface area contributed by atoms with Crippen LogP contribution in [-0.4, -0.2) is 19.8 Å². The Kier molecular flexibility index (Phi) is 4.13. The van der Waals surface area contributed by atoms with Crippen molar-refractivity contribution in [1.29, 1.82) is 0 Å². The predicted octanol–water partition coefficient (Wildman–Crippen LogP) is 2.96. The first-order valence-corrected chi connectivity index (χ1v) is 7.99. The monoisotopic (exact) mass is 314 g/mol. The Balaban J connectivity index is 2.36. The topological polar surface area (TPSA) is 54.4 Å². The molecule has 0 saturated heterocycles. The highest BCUT2D eigenvalue weighted by atomic mass is 35.5. The lowest BCUT2D eigenvalue weighted by Crippen LogP contribution is -2.03. The quantitative estimate of drug-likeness (QED) is 0.947. The summed E-state index contributed by atoms with van der Waals surface area (Å²) in [4.78, 5) is 0.144. The second-order valence-corrected chi connectivity index (χ2v) is 6.86. The lowest BCUT2D eigenvalue weighted by Gasteiger charge is -2.13.